The minimum Gasteiger partial charge on any atom is -0.508 e. The fourth-order valence-corrected chi connectivity index (χ4v) is 5.20. The van der Waals surface area contributed by atoms with E-state index in [0.29, 0.717) is 49.2 Å². The Morgan fingerprint density at radius 3 is 1.66 bits per heavy atom. The van der Waals surface area contributed by atoms with Gasteiger partial charge >= 0.3 is 11.9 Å². The number of aliphatic carboxylic acids is 2. The number of aryl methyl sites for hydroxylation is 1. The van der Waals surface area contributed by atoms with Crippen LogP contribution in [0.5, 0.6) is 5.75 Å². The van der Waals surface area contributed by atoms with Crippen molar-refractivity contribution >= 4 is 23.8 Å². The largest absolute Gasteiger partial charge is 0.508 e. The SMILES string of the molecule is C.CCC(=O)NC[C@@H]1C[C@H]1c1cccc(C)c1CC(=O)O.CCC(=O)NC[C@@H]1C[C@H]1c1cccc(O)c1CC(=O)O. The van der Waals surface area contributed by atoms with Crippen molar-refractivity contribution in [1.82, 2.24) is 10.6 Å². The molecule has 0 radical (unpaired) electrons. The molecule has 0 aliphatic heterocycles. The monoisotopic (exact) mass is 568 g/mol. The molecule has 0 spiro atoms. The molecule has 224 valence electrons. The summed E-state index contributed by atoms with van der Waals surface area (Å²) in [6, 6.07) is 11.1. The molecular weight excluding hydrogens is 524 g/mol. The third-order valence-corrected chi connectivity index (χ3v) is 7.70. The summed E-state index contributed by atoms with van der Waals surface area (Å²) in [5.74, 6) is -0.216. The van der Waals surface area contributed by atoms with Gasteiger partial charge in [-0.3, -0.25) is 19.2 Å². The van der Waals surface area contributed by atoms with Gasteiger partial charge in [-0.25, -0.2) is 0 Å². The zero-order valence-electron chi connectivity index (χ0n) is 23.4. The minimum atomic E-state index is -0.954. The van der Waals surface area contributed by atoms with Gasteiger partial charge in [0.25, 0.3) is 0 Å². The minimum absolute atomic E-state index is 0. The first kappa shape index (κ1) is 33.3. The van der Waals surface area contributed by atoms with E-state index in [1.165, 1.54) is 6.07 Å². The number of carboxylic acids is 2. The fourth-order valence-electron chi connectivity index (χ4n) is 5.20. The van der Waals surface area contributed by atoms with Crippen LogP contribution in [0.25, 0.3) is 0 Å². The van der Waals surface area contributed by atoms with Gasteiger partial charge in [-0.05, 0) is 71.8 Å². The maximum atomic E-state index is 11.3. The number of carbonyl (C=O) groups excluding carboxylic acids is 2. The van der Waals surface area contributed by atoms with E-state index < -0.39 is 11.9 Å². The molecule has 9 heteroatoms. The van der Waals surface area contributed by atoms with Crippen LogP contribution in [0.1, 0.15) is 86.6 Å². The van der Waals surface area contributed by atoms with Crippen molar-refractivity contribution in [3.8, 4) is 5.75 Å². The highest BCUT2D eigenvalue weighted by Crippen LogP contribution is 2.50. The number of phenols is 1. The Balaban J connectivity index is 0.000000280. The number of nitrogens with one attached hydrogen (secondary N) is 2. The lowest BCUT2D eigenvalue weighted by Crippen LogP contribution is -2.24. The Morgan fingerprint density at radius 2 is 1.20 bits per heavy atom. The maximum absolute atomic E-state index is 11.3. The third kappa shape index (κ3) is 9.62. The predicted molar refractivity (Wildman–Crippen MR) is 157 cm³/mol. The number of hydrogen-bond acceptors (Lipinski definition) is 5. The summed E-state index contributed by atoms with van der Waals surface area (Å²) in [5, 5.41) is 33.5. The Bertz CT molecular complexity index is 1150. The summed E-state index contributed by atoms with van der Waals surface area (Å²) in [6.07, 6.45) is 2.82. The Hall–Kier alpha value is -3.88. The second-order valence-electron chi connectivity index (χ2n) is 10.6. The van der Waals surface area contributed by atoms with Crippen LogP contribution in [0.15, 0.2) is 36.4 Å². The number of carboxylic acid groups (broad SMARTS) is 2. The molecule has 0 bridgehead atoms. The second-order valence-corrected chi connectivity index (χ2v) is 10.6. The van der Waals surface area contributed by atoms with Gasteiger partial charge in [-0.15, -0.1) is 0 Å². The van der Waals surface area contributed by atoms with Gasteiger partial charge in [0.2, 0.25) is 11.8 Å². The van der Waals surface area contributed by atoms with Crippen LogP contribution >= 0.6 is 0 Å². The zero-order valence-corrected chi connectivity index (χ0v) is 23.4. The van der Waals surface area contributed by atoms with Gasteiger partial charge < -0.3 is 26.0 Å². The highest BCUT2D eigenvalue weighted by atomic mass is 16.4. The van der Waals surface area contributed by atoms with Crippen LogP contribution in [-0.2, 0) is 32.0 Å². The molecule has 2 aliphatic rings. The van der Waals surface area contributed by atoms with Gasteiger partial charge in [-0.1, -0.05) is 51.6 Å². The van der Waals surface area contributed by atoms with E-state index >= 15 is 0 Å². The van der Waals surface area contributed by atoms with E-state index in [9.17, 15) is 24.3 Å². The van der Waals surface area contributed by atoms with Crippen molar-refractivity contribution in [1.29, 1.82) is 0 Å². The van der Waals surface area contributed by atoms with E-state index in [0.717, 1.165) is 35.1 Å². The summed E-state index contributed by atoms with van der Waals surface area (Å²) in [5.41, 5.74) is 4.50. The second kappa shape index (κ2) is 15.2. The lowest BCUT2D eigenvalue weighted by atomic mass is 9.95. The number of amides is 2. The van der Waals surface area contributed by atoms with E-state index in [1.807, 2.05) is 38.1 Å². The van der Waals surface area contributed by atoms with Crippen molar-refractivity contribution in [2.45, 2.75) is 78.6 Å². The predicted octanol–water partition coefficient (Wildman–Crippen LogP) is 4.54. The molecule has 2 aromatic rings. The fraction of sp³-hybridized carbons (Fsp3) is 0.500. The molecule has 9 nitrogen and oxygen atoms in total. The molecule has 0 aromatic heterocycles. The van der Waals surface area contributed by atoms with Crippen molar-refractivity contribution in [3.05, 3.63) is 64.2 Å². The molecule has 0 unspecified atom stereocenters. The molecule has 5 N–H and O–H groups in total. The molecule has 2 amide bonds. The molecule has 2 saturated carbocycles. The lowest BCUT2D eigenvalue weighted by Gasteiger charge is -2.11. The van der Waals surface area contributed by atoms with Crippen LogP contribution in [0, 0.1) is 18.8 Å². The van der Waals surface area contributed by atoms with Crippen molar-refractivity contribution in [2.24, 2.45) is 11.8 Å². The molecule has 2 aromatic carbocycles. The Labute approximate surface area is 242 Å². The Kier molecular flexibility index (Phi) is 12.4. The van der Waals surface area contributed by atoms with Crippen LogP contribution in [0.4, 0.5) is 0 Å². The lowest BCUT2D eigenvalue weighted by molar-refractivity contribution is -0.137. The molecule has 0 saturated heterocycles. The van der Waals surface area contributed by atoms with Crippen LogP contribution in [-0.4, -0.2) is 52.2 Å². The number of benzene rings is 2. The molecule has 4 atom stereocenters. The summed E-state index contributed by atoms with van der Waals surface area (Å²) in [7, 11) is 0. The summed E-state index contributed by atoms with van der Waals surface area (Å²) in [4.78, 5) is 44.4. The van der Waals surface area contributed by atoms with Gasteiger partial charge in [0, 0.05) is 31.5 Å². The summed E-state index contributed by atoms with van der Waals surface area (Å²) in [6.45, 7) is 6.90. The van der Waals surface area contributed by atoms with Crippen LogP contribution in [0.3, 0.4) is 0 Å². The standard InChI is InChI=1S/C16H21NO3.C15H19NO4.CH4/c1-3-15(18)17-9-11-7-14(11)12-6-4-5-10(2)13(12)8-16(19)20;1-2-14(18)16-8-9-6-11(9)10-4-3-5-13(17)12(10)7-15(19)20;/h4-6,11,14H,3,7-9H2,1-2H3,(H,17,18)(H,19,20);3-5,9,11,17H,2,6-8H2,1H3,(H,16,18)(H,19,20);1H4/t11-,14+;9-,11+;/m00./s1. The van der Waals surface area contributed by atoms with E-state index in [2.05, 4.69) is 10.6 Å². The smallest absolute Gasteiger partial charge is 0.307 e. The first-order valence-electron chi connectivity index (χ1n) is 13.9. The molecular formula is C32H44N2O7. The summed E-state index contributed by atoms with van der Waals surface area (Å²) >= 11 is 0. The van der Waals surface area contributed by atoms with E-state index in [1.54, 1.807) is 13.0 Å². The average molecular weight is 569 g/mol. The van der Waals surface area contributed by atoms with Crippen LogP contribution in [0.2, 0.25) is 0 Å². The zero-order chi connectivity index (χ0) is 29.4. The Morgan fingerprint density at radius 1 is 0.756 bits per heavy atom. The number of hydrogen-bond donors (Lipinski definition) is 5. The topological polar surface area (TPSA) is 153 Å². The van der Waals surface area contributed by atoms with Gasteiger partial charge in [0.1, 0.15) is 5.75 Å². The number of carbonyl (C=O) groups is 4. The first-order chi connectivity index (χ1) is 19.0. The first-order valence-corrected chi connectivity index (χ1v) is 13.9. The highest BCUT2D eigenvalue weighted by Gasteiger charge is 2.40. The number of rotatable bonds is 12. The molecule has 2 aliphatic carbocycles. The van der Waals surface area contributed by atoms with Crippen LogP contribution < -0.4 is 10.6 Å². The maximum Gasteiger partial charge on any atom is 0.307 e. The summed E-state index contributed by atoms with van der Waals surface area (Å²) < 4.78 is 0. The molecule has 2 fully saturated rings. The quantitative estimate of drug-likeness (QED) is 0.252. The van der Waals surface area contributed by atoms with Gasteiger partial charge in [0.15, 0.2) is 0 Å². The van der Waals surface area contributed by atoms with Crippen molar-refractivity contribution in [3.63, 3.8) is 0 Å². The molecule has 0 heterocycles. The third-order valence-electron chi connectivity index (χ3n) is 7.70. The van der Waals surface area contributed by atoms with E-state index in [4.69, 9.17) is 10.2 Å². The molecule has 41 heavy (non-hydrogen) atoms. The average Bonchev–Trinajstić information content (AvgIpc) is 3.84. The van der Waals surface area contributed by atoms with Crippen molar-refractivity contribution < 1.29 is 34.5 Å². The number of phenolic OH excluding ortho intramolecular Hbond substituents is 1. The normalized spacial score (nSPS) is 20.0. The van der Waals surface area contributed by atoms with E-state index in [-0.39, 0.29) is 43.8 Å². The highest BCUT2D eigenvalue weighted by molar-refractivity contribution is 5.76. The molecule has 4 rings (SSSR count). The number of aromatic hydroxyl groups is 1. The van der Waals surface area contributed by atoms with Gasteiger partial charge in [0.05, 0.1) is 12.8 Å². The van der Waals surface area contributed by atoms with Crippen molar-refractivity contribution in [2.75, 3.05) is 13.1 Å². The van der Waals surface area contributed by atoms with Gasteiger partial charge in [-0.2, -0.15) is 0 Å².